The van der Waals surface area contributed by atoms with Crippen LogP contribution in [0.25, 0.3) is 0 Å². The summed E-state index contributed by atoms with van der Waals surface area (Å²) in [6.45, 7) is 0. The lowest BCUT2D eigenvalue weighted by Crippen LogP contribution is -2.22. The zero-order chi connectivity index (χ0) is 11.8. The first-order valence-electron chi connectivity index (χ1n) is 5.75. The molecule has 0 radical (unpaired) electrons. The minimum atomic E-state index is -0.164. The van der Waals surface area contributed by atoms with Crippen molar-refractivity contribution in [1.29, 1.82) is 0 Å². The second-order valence-corrected chi connectivity index (χ2v) is 5.03. The van der Waals surface area contributed by atoms with Crippen molar-refractivity contribution in [1.82, 2.24) is 0 Å². The SMILES string of the molecule is CN(C)c1ccc(F)cc1CCC1(N)CC1. The molecule has 0 spiro atoms. The van der Waals surface area contributed by atoms with E-state index in [1.54, 1.807) is 6.07 Å². The fourth-order valence-corrected chi connectivity index (χ4v) is 1.98. The zero-order valence-corrected chi connectivity index (χ0v) is 9.96. The van der Waals surface area contributed by atoms with E-state index >= 15 is 0 Å². The Bertz CT molecular complexity index is 384. The van der Waals surface area contributed by atoms with E-state index in [1.165, 1.54) is 6.07 Å². The average Bonchev–Trinajstić information content (AvgIpc) is 2.94. The van der Waals surface area contributed by atoms with Gasteiger partial charge >= 0.3 is 0 Å². The van der Waals surface area contributed by atoms with Crippen LogP contribution < -0.4 is 10.6 Å². The number of aryl methyl sites for hydroxylation is 1. The molecule has 1 fully saturated rings. The van der Waals surface area contributed by atoms with E-state index in [0.717, 1.165) is 36.9 Å². The van der Waals surface area contributed by atoms with Crippen molar-refractivity contribution < 1.29 is 4.39 Å². The summed E-state index contributed by atoms with van der Waals surface area (Å²) in [4.78, 5) is 2.02. The van der Waals surface area contributed by atoms with Gasteiger partial charge in [-0.05, 0) is 49.4 Å². The third-order valence-corrected chi connectivity index (χ3v) is 3.31. The van der Waals surface area contributed by atoms with Crippen LogP contribution in [0.3, 0.4) is 0 Å². The number of nitrogens with two attached hydrogens (primary N) is 1. The summed E-state index contributed by atoms with van der Waals surface area (Å²) in [5.74, 6) is -0.164. The number of hydrogen-bond acceptors (Lipinski definition) is 2. The van der Waals surface area contributed by atoms with E-state index in [2.05, 4.69) is 0 Å². The van der Waals surface area contributed by atoms with Gasteiger partial charge in [0.25, 0.3) is 0 Å². The number of benzene rings is 1. The van der Waals surface area contributed by atoms with Crippen molar-refractivity contribution in [3.05, 3.63) is 29.6 Å². The van der Waals surface area contributed by atoms with E-state index in [1.807, 2.05) is 25.1 Å². The first-order valence-corrected chi connectivity index (χ1v) is 5.75. The van der Waals surface area contributed by atoms with Gasteiger partial charge in [0, 0.05) is 25.3 Å². The normalized spacial score (nSPS) is 17.2. The Labute approximate surface area is 96.2 Å². The standard InChI is InChI=1S/C13H19FN2/c1-16(2)12-4-3-11(14)9-10(12)5-6-13(15)7-8-13/h3-4,9H,5-8,15H2,1-2H3. The molecule has 88 valence electrons. The van der Waals surface area contributed by atoms with E-state index in [0.29, 0.717) is 0 Å². The fourth-order valence-electron chi connectivity index (χ4n) is 1.98. The second kappa shape index (κ2) is 4.06. The lowest BCUT2D eigenvalue weighted by Gasteiger charge is -2.18. The van der Waals surface area contributed by atoms with E-state index in [9.17, 15) is 4.39 Å². The monoisotopic (exact) mass is 222 g/mol. The van der Waals surface area contributed by atoms with Gasteiger partial charge in [-0.3, -0.25) is 0 Å². The van der Waals surface area contributed by atoms with Crippen molar-refractivity contribution >= 4 is 5.69 Å². The van der Waals surface area contributed by atoms with Crippen LogP contribution in [0.4, 0.5) is 10.1 Å². The predicted molar refractivity (Wildman–Crippen MR) is 65.2 cm³/mol. The molecule has 0 saturated heterocycles. The summed E-state index contributed by atoms with van der Waals surface area (Å²) in [6.07, 6.45) is 4.04. The third kappa shape index (κ3) is 2.53. The van der Waals surface area contributed by atoms with E-state index < -0.39 is 0 Å². The van der Waals surface area contributed by atoms with E-state index in [4.69, 9.17) is 5.73 Å². The Hall–Kier alpha value is -1.09. The van der Waals surface area contributed by atoms with Gasteiger partial charge in [-0.25, -0.2) is 4.39 Å². The highest BCUT2D eigenvalue weighted by Crippen LogP contribution is 2.37. The van der Waals surface area contributed by atoms with E-state index in [-0.39, 0.29) is 11.4 Å². The van der Waals surface area contributed by atoms with Crippen molar-refractivity contribution in [2.24, 2.45) is 5.73 Å². The van der Waals surface area contributed by atoms with Crippen LogP contribution in [0.1, 0.15) is 24.8 Å². The van der Waals surface area contributed by atoms with Crippen molar-refractivity contribution in [2.75, 3.05) is 19.0 Å². The molecule has 2 N–H and O–H groups in total. The van der Waals surface area contributed by atoms with Crippen LogP contribution in [0.15, 0.2) is 18.2 Å². The first kappa shape index (κ1) is 11.4. The highest BCUT2D eigenvalue weighted by molar-refractivity contribution is 5.52. The highest BCUT2D eigenvalue weighted by Gasteiger charge is 2.37. The van der Waals surface area contributed by atoms with Gasteiger partial charge in [0.2, 0.25) is 0 Å². The molecule has 1 saturated carbocycles. The zero-order valence-electron chi connectivity index (χ0n) is 9.96. The Balaban J connectivity index is 2.13. The molecule has 0 unspecified atom stereocenters. The Morgan fingerprint density at radius 1 is 1.38 bits per heavy atom. The van der Waals surface area contributed by atoms with Crippen LogP contribution in [0.2, 0.25) is 0 Å². The summed E-state index contributed by atoms with van der Waals surface area (Å²) in [6, 6.07) is 4.97. The molecule has 0 heterocycles. The molecule has 1 aliphatic rings. The number of rotatable bonds is 4. The van der Waals surface area contributed by atoms with Gasteiger partial charge in [-0.1, -0.05) is 0 Å². The average molecular weight is 222 g/mol. The summed E-state index contributed by atoms with van der Waals surface area (Å²) in [7, 11) is 3.96. The third-order valence-electron chi connectivity index (χ3n) is 3.31. The van der Waals surface area contributed by atoms with Gasteiger partial charge in [-0.15, -0.1) is 0 Å². The van der Waals surface area contributed by atoms with Crippen molar-refractivity contribution in [3.63, 3.8) is 0 Å². The fraction of sp³-hybridized carbons (Fsp3) is 0.538. The first-order chi connectivity index (χ1) is 7.50. The van der Waals surface area contributed by atoms with Crippen LogP contribution in [-0.2, 0) is 6.42 Å². The molecule has 0 aromatic heterocycles. The molecule has 3 heteroatoms. The summed E-state index contributed by atoms with van der Waals surface area (Å²) < 4.78 is 13.2. The lowest BCUT2D eigenvalue weighted by atomic mass is 10.0. The van der Waals surface area contributed by atoms with Crippen molar-refractivity contribution in [2.45, 2.75) is 31.2 Å². The molecule has 2 nitrogen and oxygen atoms in total. The molecule has 0 aliphatic heterocycles. The molecule has 0 bridgehead atoms. The highest BCUT2D eigenvalue weighted by atomic mass is 19.1. The van der Waals surface area contributed by atoms with Gasteiger partial charge < -0.3 is 10.6 Å². The molecule has 1 aliphatic carbocycles. The van der Waals surface area contributed by atoms with Crippen molar-refractivity contribution in [3.8, 4) is 0 Å². The number of anilines is 1. The molecular weight excluding hydrogens is 203 g/mol. The maximum Gasteiger partial charge on any atom is 0.123 e. The molecule has 0 amide bonds. The van der Waals surface area contributed by atoms with Crippen LogP contribution >= 0.6 is 0 Å². The summed E-state index contributed by atoms with van der Waals surface area (Å²) >= 11 is 0. The molecule has 1 aromatic rings. The quantitative estimate of drug-likeness (QED) is 0.847. The number of nitrogens with zero attached hydrogens (tertiary/aromatic N) is 1. The topological polar surface area (TPSA) is 29.3 Å². The summed E-state index contributed by atoms with van der Waals surface area (Å²) in [5.41, 5.74) is 8.23. The molecular formula is C13H19FN2. The van der Waals surface area contributed by atoms with Gasteiger partial charge in [-0.2, -0.15) is 0 Å². The van der Waals surface area contributed by atoms with Gasteiger partial charge in [0.05, 0.1) is 0 Å². The minimum absolute atomic E-state index is 0.0376. The molecule has 1 aromatic carbocycles. The molecule has 2 rings (SSSR count). The largest absolute Gasteiger partial charge is 0.377 e. The second-order valence-electron chi connectivity index (χ2n) is 5.03. The van der Waals surface area contributed by atoms with Crippen LogP contribution in [0.5, 0.6) is 0 Å². The molecule has 0 atom stereocenters. The van der Waals surface area contributed by atoms with Crippen LogP contribution in [-0.4, -0.2) is 19.6 Å². The van der Waals surface area contributed by atoms with Gasteiger partial charge in [0.15, 0.2) is 0 Å². The Morgan fingerprint density at radius 3 is 2.62 bits per heavy atom. The maximum atomic E-state index is 13.2. The Kier molecular flexibility index (Phi) is 2.89. The Morgan fingerprint density at radius 2 is 2.06 bits per heavy atom. The minimum Gasteiger partial charge on any atom is -0.377 e. The van der Waals surface area contributed by atoms with Crippen LogP contribution in [0, 0.1) is 5.82 Å². The maximum absolute atomic E-state index is 13.2. The number of halogens is 1. The van der Waals surface area contributed by atoms with Gasteiger partial charge in [0.1, 0.15) is 5.82 Å². The smallest absolute Gasteiger partial charge is 0.123 e. The predicted octanol–water partition coefficient (Wildman–Crippen LogP) is 2.32. The molecule has 16 heavy (non-hydrogen) atoms. The lowest BCUT2D eigenvalue weighted by molar-refractivity contribution is 0.599. The summed E-state index contributed by atoms with van der Waals surface area (Å²) in [5, 5.41) is 0. The number of hydrogen-bond donors (Lipinski definition) is 1.